The third-order valence-corrected chi connectivity index (χ3v) is 2.92. The highest BCUT2D eigenvalue weighted by Crippen LogP contribution is 2.16. The molecule has 90 valence electrons. The minimum atomic E-state index is -0.869. The SMILES string of the molecule is Cn1ccc(CNc2nc(CC(=O)O)cs2)n1. The first-order chi connectivity index (χ1) is 8.13. The Morgan fingerprint density at radius 1 is 1.59 bits per heavy atom. The van der Waals surface area contributed by atoms with Crippen LogP contribution in [-0.4, -0.2) is 25.8 Å². The molecule has 0 saturated heterocycles. The molecule has 0 bridgehead atoms. The van der Waals surface area contributed by atoms with E-state index in [9.17, 15) is 4.79 Å². The number of aliphatic carboxylic acids is 1. The van der Waals surface area contributed by atoms with Crippen molar-refractivity contribution in [2.75, 3.05) is 5.32 Å². The average Bonchev–Trinajstić information content (AvgIpc) is 2.84. The summed E-state index contributed by atoms with van der Waals surface area (Å²) in [5, 5.41) is 18.4. The van der Waals surface area contributed by atoms with Crippen molar-refractivity contribution in [3.63, 3.8) is 0 Å². The van der Waals surface area contributed by atoms with E-state index < -0.39 is 5.97 Å². The molecule has 0 aliphatic rings. The predicted octanol–water partition coefficient (Wildman–Crippen LogP) is 1.12. The van der Waals surface area contributed by atoms with Crippen LogP contribution >= 0.6 is 11.3 Å². The fraction of sp³-hybridized carbons (Fsp3) is 0.300. The Bertz CT molecular complexity index is 520. The first-order valence-electron chi connectivity index (χ1n) is 5.02. The van der Waals surface area contributed by atoms with Crippen molar-refractivity contribution in [2.45, 2.75) is 13.0 Å². The Hall–Kier alpha value is -1.89. The lowest BCUT2D eigenvalue weighted by atomic mass is 10.3. The van der Waals surface area contributed by atoms with E-state index in [4.69, 9.17) is 5.11 Å². The molecule has 6 nitrogen and oxygen atoms in total. The Labute approximate surface area is 102 Å². The summed E-state index contributed by atoms with van der Waals surface area (Å²) in [6.45, 7) is 0.584. The number of nitrogens with one attached hydrogen (secondary N) is 1. The van der Waals surface area contributed by atoms with Crippen LogP contribution in [0.3, 0.4) is 0 Å². The highest BCUT2D eigenvalue weighted by atomic mass is 32.1. The van der Waals surface area contributed by atoms with Crippen molar-refractivity contribution >= 4 is 22.4 Å². The summed E-state index contributed by atoms with van der Waals surface area (Å²) >= 11 is 1.40. The second-order valence-corrected chi connectivity index (χ2v) is 4.41. The molecular weight excluding hydrogens is 240 g/mol. The normalized spacial score (nSPS) is 10.4. The van der Waals surface area contributed by atoms with Crippen molar-refractivity contribution in [3.05, 3.63) is 29.0 Å². The van der Waals surface area contributed by atoms with E-state index in [1.165, 1.54) is 11.3 Å². The third kappa shape index (κ3) is 3.28. The number of thiazole rings is 1. The topological polar surface area (TPSA) is 80.0 Å². The van der Waals surface area contributed by atoms with Crippen molar-refractivity contribution in [2.24, 2.45) is 7.05 Å². The van der Waals surface area contributed by atoms with Gasteiger partial charge >= 0.3 is 5.97 Å². The van der Waals surface area contributed by atoms with Gasteiger partial charge in [-0.05, 0) is 6.07 Å². The number of carboxylic acids is 1. The van der Waals surface area contributed by atoms with Crippen LogP contribution < -0.4 is 5.32 Å². The predicted molar refractivity (Wildman–Crippen MR) is 64.0 cm³/mol. The van der Waals surface area contributed by atoms with Gasteiger partial charge in [-0.25, -0.2) is 4.98 Å². The molecule has 0 radical (unpaired) electrons. The maximum atomic E-state index is 10.5. The van der Waals surface area contributed by atoms with Crippen molar-refractivity contribution < 1.29 is 9.90 Å². The summed E-state index contributed by atoms with van der Waals surface area (Å²) in [6.07, 6.45) is 1.83. The van der Waals surface area contributed by atoms with E-state index in [1.54, 1.807) is 10.1 Å². The van der Waals surface area contributed by atoms with Gasteiger partial charge in [0.25, 0.3) is 0 Å². The van der Waals surface area contributed by atoms with Crippen molar-refractivity contribution in [3.8, 4) is 0 Å². The largest absolute Gasteiger partial charge is 0.481 e. The summed E-state index contributed by atoms with van der Waals surface area (Å²) in [5.41, 5.74) is 1.49. The van der Waals surface area contributed by atoms with Gasteiger partial charge in [0.15, 0.2) is 5.13 Å². The molecule has 2 rings (SSSR count). The molecule has 2 aromatic heterocycles. The van der Waals surface area contributed by atoms with Gasteiger partial charge in [-0.3, -0.25) is 9.48 Å². The van der Waals surface area contributed by atoms with E-state index in [0.717, 1.165) is 5.69 Å². The number of hydrogen-bond donors (Lipinski definition) is 2. The number of carbonyl (C=O) groups is 1. The van der Waals surface area contributed by atoms with E-state index in [-0.39, 0.29) is 6.42 Å². The fourth-order valence-electron chi connectivity index (χ4n) is 1.35. The molecule has 0 atom stereocenters. The van der Waals surface area contributed by atoms with Gasteiger partial charge in [0.2, 0.25) is 0 Å². The standard InChI is InChI=1S/C10H12N4O2S/c1-14-3-2-7(13-14)5-11-10-12-8(6-17-10)4-9(15)16/h2-3,6H,4-5H2,1H3,(H,11,12)(H,15,16). The molecule has 17 heavy (non-hydrogen) atoms. The lowest BCUT2D eigenvalue weighted by Crippen LogP contribution is -2.03. The maximum absolute atomic E-state index is 10.5. The number of rotatable bonds is 5. The minimum Gasteiger partial charge on any atom is -0.481 e. The molecule has 0 amide bonds. The van der Waals surface area contributed by atoms with Crippen LogP contribution in [0.2, 0.25) is 0 Å². The summed E-state index contributed by atoms with van der Waals surface area (Å²) < 4.78 is 1.73. The molecule has 0 aliphatic heterocycles. The monoisotopic (exact) mass is 252 g/mol. The van der Waals surface area contributed by atoms with Gasteiger partial charge in [0.05, 0.1) is 24.4 Å². The minimum absolute atomic E-state index is 0.0399. The van der Waals surface area contributed by atoms with Crippen LogP contribution in [0.1, 0.15) is 11.4 Å². The molecule has 0 aromatic carbocycles. The summed E-state index contributed by atoms with van der Waals surface area (Å²) in [7, 11) is 1.86. The molecule has 0 saturated carbocycles. The third-order valence-electron chi connectivity index (χ3n) is 2.07. The number of aryl methyl sites for hydroxylation is 1. The van der Waals surface area contributed by atoms with Crippen LogP contribution in [0.25, 0.3) is 0 Å². The van der Waals surface area contributed by atoms with E-state index in [2.05, 4.69) is 15.4 Å². The Kier molecular flexibility index (Phi) is 3.38. The van der Waals surface area contributed by atoms with Crippen LogP contribution in [0.4, 0.5) is 5.13 Å². The number of nitrogens with zero attached hydrogens (tertiary/aromatic N) is 3. The smallest absolute Gasteiger partial charge is 0.309 e. The lowest BCUT2D eigenvalue weighted by Gasteiger charge is -1.98. The fourth-order valence-corrected chi connectivity index (χ4v) is 2.06. The summed E-state index contributed by atoms with van der Waals surface area (Å²) in [5.74, 6) is -0.869. The molecule has 0 fully saturated rings. The van der Waals surface area contributed by atoms with Gasteiger partial charge in [-0.1, -0.05) is 0 Å². The molecular formula is C10H12N4O2S. The molecule has 0 spiro atoms. The lowest BCUT2D eigenvalue weighted by molar-refractivity contribution is -0.136. The van der Waals surface area contributed by atoms with Crippen molar-refractivity contribution in [1.29, 1.82) is 0 Å². The van der Waals surface area contributed by atoms with Gasteiger partial charge in [-0.2, -0.15) is 5.10 Å². The average molecular weight is 252 g/mol. The Morgan fingerprint density at radius 2 is 2.41 bits per heavy atom. The zero-order chi connectivity index (χ0) is 12.3. The van der Waals surface area contributed by atoms with Gasteiger partial charge in [-0.15, -0.1) is 11.3 Å². The Balaban J connectivity index is 1.91. The van der Waals surface area contributed by atoms with E-state index in [0.29, 0.717) is 17.4 Å². The molecule has 2 heterocycles. The summed E-state index contributed by atoms with van der Waals surface area (Å²) in [6, 6.07) is 1.92. The van der Waals surface area contributed by atoms with Gasteiger partial charge in [0.1, 0.15) is 0 Å². The number of anilines is 1. The van der Waals surface area contributed by atoms with Crippen LogP contribution in [-0.2, 0) is 24.8 Å². The van der Waals surface area contributed by atoms with Crippen LogP contribution in [0, 0.1) is 0 Å². The van der Waals surface area contributed by atoms with E-state index >= 15 is 0 Å². The zero-order valence-electron chi connectivity index (χ0n) is 9.25. The number of hydrogen-bond acceptors (Lipinski definition) is 5. The first-order valence-corrected chi connectivity index (χ1v) is 5.90. The summed E-state index contributed by atoms with van der Waals surface area (Å²) in [4.78, 5) is 14.7. The second kappa shape index (κ2) is 4.96. The molecule has 0 aliphatic carbocycles. The maximum Gasteiger partial charge on any atom is 0.309 e. The molecule has 7 heteroatoms. The van der Waals surface area contributed by atoms with Crippen molar-refractivity contribution in [1.82, 2.24) is 14.8 Å². The van der Waals surface area contributed by atoms with Crippen LogP contribution in [0.5, 0.6) is 0 Å². The highest BCUT2D eigenvalue weighted by molar-refractivity contribution is 7.13. The van der Waals surface area contributed by atoms with Gasteiger partial charge in [0, 0.05) is 18.6 Å². The number of aromatic nitrogens is 3. The Morgan fingerprint density at radius 3 is 3.06 bits per heavy atom. The highest BCUT2D eigenvalue weighted by Gasteiger charge is 2.06. The molecule has 2 N–H and O–H groups in total. The quantitative estimate of drug-likeness (QED) is 0.833. The van der Waals surface area contributed by atoms with Gasteiger partial charge < -0.3 is 10.4 Å². The zero-order valence-corrected chi connectivity index (χ0v) is 10.1. The molecule has 0 unspecified atom stereocenters. The first kappa shape index (κ1) is 11.6. The van der Waals surface area contributed by atoms with Crippen LogP contribution in [0.15, 0.2) is 17.6 Å². The van der Waals surface area contributed by atoms with E-state index in [1.807, 2.05) is 19.3 Å². The molecule has 2 aromatic rings. The second-order valence-electron chi connectivity index (χ2n) is 3.55. The number of carboxylic acid groups (broad SMARTS) is 1.